The van der Waals surface area contributed by atoms with Crippen LogP contribution in [-0.4, -0.2) is 20.2 Å². The summed E-state index contributed by atoms with van der Waals surface area (Å²) in [5, 5.41) is 11.8. The lowest BCUT2D eigenvalue weighted by molar-refractivity contribution is 0.242. The molecule has 20 heavy (non-hydrogen) atoms. The van der Waals surface area contributed by atoms with Crippen molar-refractivity contribution in [2.45, 2.75) is 39.2 Å². The molecule has 0 aliphatic heterocycles. The molecule has 1 aromatic carbocycles. The van der Waals surface area contributed by atoms with E-state index in [4.69, 9.17) is 5.73 Å². The van der Waals surface area contributed by atoms with Gasteiger partial charge in [0.15, 0.2) is 5.82 Å². The zero-order chi connectivity index (χ0) is 14.3. The third-order valence-electron chi connectivity index (χ3n) is 4.22. The lowest BCUT2D eigenvalue weighted by atomic mass is 9.87. The van der Waals surface area contributed by atoms with Crippen molar-refractivity contribution >= 4 is 5.69 Å². The van der Waals surface area contributed by atoms with Gasteiger partial charge in [0.25, 0.3) is 0 Å². The Morgan fingerprint density at radius 3 is 2.85 bits per heavy atom. The number of aromatic nitrogens is 4. The highest BCUT2D eigenvalue weighted by atomic mass is 19.1. The Morgan fingerprint density at radius 2 is 2.20 bits per heavy atom. The van der Waals surface area contributed by atoms with E-state index in [-0.39, 0.29) is 11.5 Å². The molecular formula is C14H18FN5. The van der Waals surface area contributed by atoms with Crippen molar-refractivity contribution in [1.82, 2.24) is 20.2 Å². The minimum absolute atomic E-state index is 0.119. The monoisotopic (exact) mass is 275 g/mol. The van der Waals surface area contributed by atoms with Gasteiger partial charge in [0.1, 0.15) is 5.82 Å². The topological polar surface area (TPSA) is 69.6 Å². The van der Waals surface area contributed by atoms with Crippen molar-refractivity contribution < 1.29 is 4.39 Å². The molecule has 1 atom stereocenters. The first-order valence-corrected chi connectivity index (χ1v) is 6.82. The van der Waals surface area contributed by atoms with Crippen LogP contribution < -0.4 is 5.73 Å². The van der Waals surface area contributed by atoms with Gasteiger partial charge in [0, 0.05) is 5.69 Å². The molecule has 6 heteroatoms. The Bertz CT molecular complexity index is 634. The number of halogens is 1. The molecule has 0 spiro atoms. The highest BCUT2D eigenvalue weighted by Gasteiger charge is 2.38. The first-order valence-electron chi connectivity index (χ1n) is 6.82. The normalized spacial score (nSPS) is 21.2. The minimum Gasteiger partial charge on any atom is -0.399 e. The second-order valence-corrected chi connectivity index (χ2v) is 6.08. The van der Waals surface area contributed by atoms with Crippen LogP contribution in [-0.2, 0) is 0 Å². The minimum atomic E-state index is -0.392. The van der Waals surface area contributed by atoms with Crippen molar-refractivity contribution in [1.29, 1.82) is 0 Å². The number of benzene rings is 1. The highest BCUT2D eigenvalue weighted by Crippen LogP contribution is 2.46. The van der Waals surface area contributed by atoms with E-state index in [0.29, 0.717) is 17.1 Å². The third kappa shape index (κ3) is 2.05. The largest absolute Gasteiger partial charge is 0.399 e. The number of hydrogen-bond acceptors (Lipinski definition) is 4. The summed E-state index contributed by atoms with van der Waals surface area (Å²) in [7, 11) is 0. The van der Waals surface area contributed by atoms with E-state index in [2.05, 4.69) is 29.4 Å². The van der Waals surface area contributed by atoms with Crippen LogP contribution in [0.3, 0.4) is 0 Å². The molecule has 1 heterocycles. The van der Waals surface area contributed by atoms with E-state index in [1.165, 1.54) is 6.07 Å². The Balaban J connectivity index is 2.06. The van der Waals surface area contributed by atoms with Crippen molar-refractivity contribution in [3.63, 3.8) is 0 Å². The molecule has 1 saturated carbocycles. The molecule has 2 N–H and O–H groups in total. The van der Waals surface area contributed by atoms with Gasteiger partial charge in [-0.1, -0.05) is 20.3 Å². The molecule has 1 unspecified atom stereocenters. The lowest BCUT2D eigenvalue weighted by Gasteiger charge is -2.27. The maximum atomic E-state index is 14.1. The molecule has 1 fully saturated rings. The first-order chi connectivity index (χ1) is 9.49. The van der Waals surface area contributed by atoms with E-state index in [9.17, 15) is 4.39 Å². The van der Waals surface area contributed by atoms with Gasteiger partial charge in [-0.25, -0.2) is 9.07 Å². The Labute approximate surface area is 117 Å². The molecule has 3 rings (SSSR count). The SMILES string of the molecule is CC1(C)CCCC1n1nnnc1-c1ccc(N)cc1F. The quantitative estimate of drug-likeness (QED) is 0.856. The average molecular weight is 275 g/mol. The highest BCUT2D eigenvalue weighted by molar-refractivity contribution is 5.59. The maximum absolute atomic E-state index is 14.1. The predicted octanol–water partition coefficient (Wildman–Crippen LogP) is 2.81. The summed E-state index contributed by atoms with van der Waals surface area (Å²) in [6.07, 6.45) is 3.28. The summed E-state index contributed by atoms with van der Waals surface area (Å²) in [5.41, 5.74) is 6.50. The van der Waals surface area contributed by atoms with Gasteiger partial charge in [-0.05, 0) is 46.9 Å². The molecule has 0 amide bonds. The standard InChI is InChI=1S/C14H18FN5/c1-14(2)7-3-4-12(14)20-13(17-18-19-20)10-6-5-9(16)8-11(10)15/h5-6,8,12H,3-4,7,16H2,1-2H3. The Hall–Kier alpha value is -1.98. The number of rotatable bonds is 2. The molecule has 1 aliphatic carbocycles. The van der Waals surface area contributed by atoms with E-state index < -0.39 is 5.82 Å². The van der Waals surface area contributed by atoms with Crippen molar-refractivity contribution in [3.8, 4) is 11.4 Å². The predicted molar refractivity (Wildman–Crippen MR) is 74.3 cm³/mol. The van der Waals surface area contributed by atoms with Crippen LogP contribution in [0.5, 0.6) is 0 Å². The van der Waals surface area contributed by atoms with Gasteiger partial charge in [0.2, 0.25) is 0 Å². The second-order valence-electron chi connectivity index (χ2n) is 6.08. The fourth-order valence-electron chi connectivity index (χ4n) is 3.06. The van der Waals surface area contributed by atoms with Crippen LogP contribution in [0, 0.1) is 11.2 Å². The van der Waals surface area contributed by atoms with Crippen LogP contribution in [0.25, 0.3) is 11.4 Å². The smallest absolute Gasteiger partial charge is 0.185 e. The fraction of sp³-hybridized carbons (Fsp3) is 0.500. The third-order valence-corrected chi connectivity index (χ3v) is 4.22. The molecular weight excluding hydrogens is 257 g/mol. The van der Waals surface area contributed by atoms with Gasteiger partial charge in [-0.15, -0.1) is 5.10 Å². The van der Waals surface area contributed by atoms with Crippen LogP contribution in [0.2, 0.25) is 0 Å². The summed E-state index contributed by atoms with van der Waals surface area (Å²) >= 11 is 0. The van der Waals surface area contributed by atoms with Crippen molar-refractivity contribution in [2.24, 2.45) is 5.41 Å². The van der Waals surface area contributed by atoms with Crippen LogP contribution in [0.4, 0.5) is 10.1 Å². The summed E-state index contributed by atoms with van der Waals surface area (Å²) < 4.78 is 15.8. The molecule has 106 valence electrons. The van der Waals surface area contributed by atoms with E-state index in [1.807, 2.05) is 0 Å². The molecule has 1 aliphatic rings. The molecule has 0 saturated heterocycles. The summed E-state index contributed by atoms with van der Waals surface area (Å²) in [6, 6.07) is 4.80. The van der Waals surface area contributed by atoms with Crippen LogP contribution in [0.1, 0.15) is 39.2 Å². The summed E-state index contributed by atoms with van der Waals surface area (Å²) in [4.78, 5) is 0. The molecule has 1 aromatic heterocycles. The van der Waals surface area contributed by atoms with E-state index in [1.54, 1.807) is 16.8 Å². The van der Waals surface area contributed by atoms with E-state index >= 15 is 0 Å². The number of nitrogen functional groups attached to an aromatic ring is 1. The number of anilines is 1. The number of tetrazole rings is 1. The van der Waals surface area contributed by atoms with Crippen molar-refractivity contribution in [3.05, 3.63) is 24.0 Å². The summed E-state index contributed by atoms with van der Waals surface area (Å²) in [5.74, 6) is 0.0827. The average Bonchev–Trinajstić information content (AvgIpc) is 2.95. The van der Waals surface area contributed by atoms with Gasteiger partial charge >= 0.3 is 0 Å². The Kier molecular flexibility index (Phi) is 2.96. The maximum Gasteiger partial charge on any atom is 0.185 e. The number of nitrogens with zero attached hydrogens (tertiary/aromatic N) is 4. The van der Waals surface area contributed by atoms with Gasteiger partial charge in [0.05, 0.1) is 11.6 Å². The van der Waals surface area contributed by atoms with Gasteiger partial charge in [-0.2, -0.15) is 0 Å². The van der Waals surface area contributed by atoms with Crippen molar-refractivity contribution in [2.75, 3.05) is 5.73 Å². The molecule has 2 aromatic rings. The molecule has 5 nitrogen and oxygen atoms in total. The first kappa shape index (κ1) is 13.0. The van der Waals surface area contributed by atoms with Gasteiger partial charge in [-0.3, -0.25) is 0 Å². The second kappa shape index (κ2) is 4.54. The zero-order valence-electron chi connectivity index (χ0n) is 11.7. The van der Waals surface area contributed by atoms with Crippen LogP contribution in [0.15, 0.2) is 18.2 Å². The fourth-order valence-corrected chi connectivity index (χ4v) is 3.06. The molecule has 0 radical (unpaired) electrons. The Morgan fingerprint density at radius 1 is 1.40 bits per heavy atom. The number of nitrogens with two attached hydrogens (primary N) is 1. The lowest BCUT2D eigenvalue weighted by Crippen LogP contribution is -2.23. The van der Waals surface area contributed by atoms with E-state index in [0.717, 1.165) is 19.3 Å². The molecule has 0 bridgehead atoms. The van der Waals surface area contributed by atoms with Crippen LogP contribution >= 0.6 is 0 Å². The summed E-state index contributed by atoms with van der Waals surface area (Å²) in [6.45, 7) is 4.41. The zero-order valence-corrected chi connectivity index (χ0v) is 11.7. The van der Waals surface area contributed by atoms with Gasteiger partial charge < -0.3 is 5.73 Å². The number of hydrogen-bond donors (Lipinski definition) is 1.